The SMILES string of the molecule is CNCCC(=O)NC(C)Cc1cc(C)cc(C)c1. The Labute approximate surface area is 110 Å². The molecule has 1 unspecified atom stereocenters. The molecule has 1 aromatic carbocycles. The maximum Gasteiger partial charge on any atom is 0.221 e. The number of nitrogens with one attached hydrogen (secondary N) is 2. The van der Waals surface area contributed by atoms with Crippen molar-refractivity contribution in [1.29, 1.82) is 0 Å². The summed E-state index contributed by atoms with van der Waals surface area (Å²) in [5.74, 6) is 0.112. The lowest BCUT2D eigenvalue weighted by Gasteiger charge is -2.15. The molecule has 3 heteroatoms. The van der Waals surface area contributed by atoms with Crippen LogP contribution in [0.4, 0.5) is 0 Å². The van der Waals surface area contributed by atoms with Gasteiger partial charge in [-0.25, -0.2) is 0 Å². The average molecular weight is 248 g/mol. The monoisotopic (exact) mass is 248 g/mol. The molecular weight excluding hydrogens is 224 g/mol. The van der Waals surface area contributed by atoms with Crippen LogP contribution in [0.1, 0.15) is 30.0 Å². The number of carbonyl (C=O) groups excluding carboxylic acids is 1. The van der Waals surface area contributed by atoms with E-state index in [1.54, 1.807) is 0 Å². The van der Waals surface area contributed by atoms with Gasteiger partial charge in [0.25, 0.3) is 0 Å². The molecule has 0 saturated heterocycles. The molecule has 0 spiro atoms. The summed E-state index contributed by atoms with van der Waals surface area (Å²) in [4.78, 5) is 11.6. The van der Waals surface area contributed by atoms with E-state index in [0.717, 1.165) is 13.0 Å². The molecule has 0 saturated carbocycles. The Morgan fingerprint density at radius 3 is 2.39 bits per heavy atom. The Morgan fingerprint density at radius 1 is 1.22 bits per heavy atom. The van der Waals surface area contributed by atoms with Crippen molar-refractivity contribution < 1.29 is 4.79 Å². The zero-order valence-electron chi connectivity index (χ0n) is 11.8. The van der Waals surface area contributed by atoms with Gasteiger partial charge in [-0.05, 0) is 39.8 Å². The zero-order valence-corrected chi connectivity index (χ0v) is 11.8. The van der Waals surface area contributed by atoms with Gasteiger partial charge in [0.2, 0.25) is 5.91 Å². The smallest absolute Gasteiger partial charge is 0.221 e. The third kappa shape index (κ3) is 5.32. The van der Waals surface area contributed by atoms with E-state index in [2.05, 4.69) is 49.6 Å². The summed E-state index contributed by atoms with van der Waals surface area (Å²) in [5, 5.41) is 6.00. The number of rotatable bonds is 6. The predicted molar refractivity (Wildman–Crippen MR) is 75.8 cm³/mol. The molecule has 0 fully saturated rings. The van der Waals surface area contributed by atoms with Gasteiger partial charge in [-0.15, -0.1) is 0 Å². The van der Waals surface area contributed by atoms with Crippen molar-refractivity contribution in [3.8, 4) is 0 Å². The molecule has 1 amide bonds. The number of benzene rings is 1. The van der Waals surface area contributed by atoms with E-state index in [4.69, 9.17) is 0 Å². The second-order valence-corrected chi connectivity index (χ2v) is 5.02. The summed E-state index contributed by atoms with van der Waals surface area (Å²) < 4.78 is 0. The van der Waals surface area contributed by atoms with Gasteiger partial charge in [-0.1, -0.05) is 29.3 Å². The van der Waals surface area contributed by atoms with Crippen molar-refractivity contribution in [1.82, 2.24) is 10.6 Å². The van der Waals surface area contributed by atoms with Gasteiger partial charge < -0.3 is 10.6 Å². The molecule has 1 aromatic rings. The Morgan fingerprint density at radius 2 is 1.83 bits per heavy atom. The van der Waals surface area contributed by atoms with Gasteiger partial charge >= 0.3 is 0 Å². The highest BCUT2D eigenvalue weighted by Crippen LogP contribution is 2.10. The molecule has 18 heavy (non-hydrogen) atoms. The van der Waals surface area contributed by atoms with Crippen LogP contribution in [0.5, 0.6) is 0 Å². The minimum atomic E-state index is 0.112. The number of aryl methyl sites for hydroxylation is 2. The highest BCUT2D eigenvalue weighted by atomic mass is 16.1. The summed E-state index contributed by atoms with van der Waals surface area (Å²) in [6.45, 7) is 6.98. The van der Waals surface area contributed by atoms with E-state index in [9.17, 15) is 4.79 Å². The second kappa shape index (κ2) is 7.17. The lowest BCUT2D eigenvalue weighted by atomic mass is 10.0. The number of hydrogen-bond donors (Lipinski definition) is 2. The van der Waals surface area contributed by atoms with E-state index >= 15 is 0 Å². The Bertz CT molecular complexity index is 381. The highest BCUT2D eigenvalue weighted by molar-refractivity contribution is 5.76. The van der Waals surface area contributed by atoms with Crippen LogP contribution in [0.15, 0.2) is 18.2 Å². The summed E-state index contributed by atoms with van der Waals surface area (Å²) in [6.07, 6.45) is 1.42. The fraction of sp³-hybridized carbons (Fsp3) is 0.533. The normalized spacial score (nSPS) is 12.2. The van der Waals surface area contributed by atoms with Crippen LogP contribution in [0.2, 0.25) is 0 Å². The molecule has 0 aliphatic carbocycles. The zero-order chi connectivity index (χ0) is 13.5. The molecule has 1 rings (SSSR count). The molecule has 0 aromatic heterocycles. The summed E-state index contributed by atoms with van der Waals surface area (Å²) in [6, 6.07) is 6.71. The summed E-state index contributed by atoms with van der Waals surface area (Å²) in [5.41, 5.74) is 3.84. The van der Waals surface area contributed by atoms with Gasteiger partial charge in [0.1, 0.15) is 0 Å². The molecule has 0 radical (unpaired) electrons. The minimum Gasteiger partial charge on any atom is -0.353 e. The molecule has 0 heterocycles. The van der Waals surface area contributed by atoms with Gasteiger partial charge in [0.15, 0.2) is 0 Å². The predicted octanol–water partition coefficient (Wildman–Crippen LogP) is 1.96. The number of hydrogen-bond acceptors (Lipinski definition) is 2. The largest absolute Gasteiger partial charge is 0.353 e. The van der Waals surface area contributed by atoms with Crippen LogP contribution < -0.4 is 10.6 Å². The Kier molecular flexibility index (Phi) is 5.86. The quantitative estimate of drug-likeness (QED) is 0.808. The highest BCUT2D eigenvalue weighted by Gasteiger charge is 2.08. The first kappa shape index (κ1) is 14.7. The Hall–Kier alpha value is -1.35. The van der Waals surface area contributed by atoms with Gasteiger partial charge in [-0.3, -0.25) is 4.79 Å². The van der Waals surface area contributed by atoms with Gasteiger partial charge in [0.05, 0.1) is 0 Å². The van der Waals surface area contributed by atoms with Crippen molar-refractivity contribution >= 4 is 5.91 Å². The van der Waals surface area contributed by atoms with Crippen LogP contribution in [0.25, 0.3) is 0 Å². The molecule has 3 nitrogen and oxygen atoms in total. The topological polar surface area (TPSA) is 41.1 Å². The van der Waals surface area contributed by atoms with Crippen LogP contribution in [-0.2, 0) is 11.2 Å². The van der Waals surface area contributed by atoms with E-state index in [-0.39, 0.29) is 11.9 Å². The number of amides is 1. The van der Waals surface area contributed by atoms with Crippen molar-refractivity contribution in [3.05, 3.63) is 34.9 Å². The van der Waals surface area contributed by atoms with Gasteiger partial charge in [0, 0.05) is 19.0 Å². The van der Waals surface area contributed by atoms with Gasteiger partial charge in [-0.2, -0.15) is 0 Å². The van der Waals surface area contributed by atoms with Crippen LogP contribution in [-0.4, -0.2) is 25.5 Å². The third-order valence-corrected chi connectivity index (χ3v) is 2.83. The minimum absolute atomic E-state index is 0.112. The standard InChI is InChI=1S/C15H24N2O/c1-11-7-12(2)9-14(8-11)10-13(3)17-15(18)5-6-16-4/h7-9,13,16H,5-6,10H2,1-4H3,(H,17,18). The fourth-order valence-electron chi connectivity index (χ4n) is 2.18. The molecule has 2 N–H and O–H groups in total. The second-order valence-electron chi connectivity index (χ2n) is 5.02. The fourth-order valence-corrected chi connectivity index (χ4v) is 2.18. The van der Waals surface area contributed by atoms with Crippen LogP contribution >= 0.6 is 0 Å². The van der Waals surface area contributed by atoms with Crippen LogP contribution in [0.3, 0.4) is 0 Å². The first-order valence-corrected chi connectivity index (χ1v) is 6.52. The van der Waals surface area contributed by atoms with E-state index in [1.807, 2.05) is 7.05 Å². The first-order chi connectivity index (χ1) is 8.51. The van der Waals surface area contributed by atoms with E-state index in [1.165, 1.54) is 16.7 Å². The van der Waals surface area contributed by atoms with E-state index in [0.29, 0.717) is 6.42 Å². The molecule has 1 atom stereocenters. The van der Waals surface area contributed by atoms with Crippen molar-refractivity contribution in [2.45, 2.75) is 39.7 Å². The molecule has 0 bridgehead atoms. The summed E-state index contributed by atoms with van der Waals surface area (Å²) in [7, 11) is 1.85. The Balaban J connectivity index is 2.48. The maximum atomic E-state index is 11.6. The molecule has 0 aliphatic heterocycles. The van der Waals surface area contributed by atoms with Crippen molar-refractivity contribution in [2.24, 2.45) is 0 Å². The van der Waals surface area contributed by atoms with Crippen LogP contribution in [0, 0.1) is 13.8 Å². The van der Waals surface area contributed by atoms with Crippen molar-refractivity contribution in [2.75, 3.05) is 13.6 Å². The maximum absolute atomic E-state index is 11.6. The molecule has 100 valence electrons. The average Bonchev–Trinajstić information content (AvgIpc) is 2.24. The summed E-state index contributed by atoms with van der Waals surface area (Å²) >= 11 is 0. The van der Waals surface area contributed by atoms with E-state index < -0.39 is 0 Å². The molecule has 0 aliphatic rings. The lowest BCUT2D eigenvalue weighted by molar-refractivity contribution is -0.121. The lowest BCUT2D eigenvalue weighted by Crippen LogP contribution is -2.35. The number of carbonyl (C=O) groups is 1. The van der Waals surface area contributed by atoms with Crippen molar-refractivity contribution in [3.63, 3.8) is 0 Å². The first-order valence-electron chi connectivity index (χ1n) is 6.52. The third-order valence-electron chi connectivity index (χ3n) is 2.83. The molecular formula is C15H24N2O.